The second kappa shape index (κ2) is 8.82. The van der Waals surface area contributed by atoms with Gasteiger partial charge in [-0.3, -0.25) is 0 Å². The maximum absolute atomic E-state index is 12.6. The van der Waals surface area contributed by atoms with Crippen molar-refractivity contribution in [2.24, 2.45) is 5.92 Å². The summed E-state index contributed by atoms with van der Waals surface area (Å²) in [6.45, 7) is 5.45. The van der Waals surface area contributed by atoms with E-state index in [1.54, 1.807) is 12.1 Å². The highest BCUT2D eigenvalue weighted by Gasteiger charge is 2.26. The average molecular weight is 337 g/mol. The van der Waals surface area contributed by atoms with Crippen molar-refractivity contribution in [2.75, 3.05) is 19.6 Å². The zero-order chi connectivity index (χ0) is 17.5. The number of piperidine rings is 1. The Labute approximate surface area is 150 Å². The van der Waals surface area contributed by atoms with E-state index in [1.807, 2.05) is 36.4 Å². The Bertz CT molecular complexity index is 650. The highest BCUT2D eigenvalue weighted by atomic mass is 16.5. The molecular formula is C22H27NO2. The van der Waals surface area contributed by atoms with Gasteiger partial charge in [0.1, 0.15) is 6.10 Å². The van der Waals surface area contributed by atoms with E-state index in [4.69, 9.17) is 4.74 Å². The molecule has 0 N–H and O–H groups in total. The molecule has 3 heteroatoms. The van der Waals surface area contributed by atoms with E-state index in [9.17, 15) is 4.79 Å². The third-order valence-electron chi connectivity index (χ3n) is 4.88. The number of ether oxygens (including phenoxy) is 1. The van der Waals surface area contributed by atoms with Crippen molar-refractivity contribution in [1.29, 1.82) is 0 Å². The molecule has 0 radical (unpaired) electrons. The van der Waals surface area contributed by atoms with Crippen LogP contribution in [0.3, 0.4) is 0 Å². The first kappa shape index (κ1) is 17.7. The molecule has 1 heterocycles. The number of hydrogen-bond donors (Lipinski definition) is 0. The van der Waals surface area contributed by atoms with E-state index in [1.165, 1.54) is 19.3 Å². The van der Waals surface area contributed by atoms with Crippen LogP contribution in [0.1, 0.15) is 48.2 Å². The van der Waals surface area contributed by atoms with Crippen LogP contribution in [0.5, 0.6) is 0 Å². The van der Waals surface area contributed by atoms with Gasteiger partial charge in [-0.15, -0.1) is 0 Å². The van der Waals surface area contributed by atoms with Gasteiger partial charge in [0.15, 0.2) is 0 Å². The van der Waals surface area contributed by atoms with Gasteiger partial charge in [-0.25, -0.2) is 4.79 Å². The molecule has 0 aliphatic carbocycles. The molecule has 0 bridgehead atoms. The minimum atomic E-state index is -0.250. The Morgan fingerprint density at radius 2 is 1.56 bits per heavy atom. The van der Waals surface area contributed by atoms with E-state index in [0.717, 1.165) is 25.2 Å². The minimum Gasteiger partial charge on any atom is -0.454 e. The summed E-state index contributed by atoms with van der Waals surface area (Å²) >= 11 is 0. The fourth-order valence-corrected chi connectivity index (χ4v) is 3.56. The lowest BCUT2D eigenvalue weighted by Gasteiger charge is -2.32. The minimum absolute atomic E-state index is 0.226. The lowest BCUT2D eigenvalue weighted by atomic mass is 9.95. The van der Waals surface area contributed by atoms with Crippen LogP contribution >= 0.6 is 0 Å². The van der Waals surface area contributed by atoms with Crippen LogP contribution in [-0.2, 0) is 4.74 Å². The van der Waals surface area contributed by atoms with E-state index in [0.29, 0.717) is 5.56 Å². The van der Waals surface area contributed by atoms with Crippen molar-refractivity contribution in [3.8, 4) is 0 Å². The molecule has 3 nitrogen and oxygen atoms in total. The number of carbonyl (C=O) groups is 1. The van der Waals surface area contributed by atoms with Crippen molar-refractivity contribution in [1.82, 2.24) is 4.90 Å². The summed E-state index contributed by atoms with van der Waals surface area (Å²) < 4.78 is 5.96. The normalized spacial score (nSPS) is 17.6. The van der Waals surface area contributed by atoms with Crippen molar-refractivity contribution >= 4 is 5.97 Å². The summed E-state index contributed by atoms with van der Waals surface area (Å²) in [7, 11) is 0. The molecule has 0 saturated carbocycles. The summed E-state index contributed by atoms with van der Waals surface area (Å²) in [6, 6.07) is 19.4. The summed E-state index contributed by atoms with van der Waals surface area (Å²) in [5, 5.41) is 0. The second-order valence-corrected chi connectivity index (χ2v) is 6.94. The quantitative estimate of drug-likeness (QED) is 0.715. The number of benzene rings is 2. The predicted molar refractivity (Wildman–Crippen MR) is 100 cm³/mol. The van der Waals surface area contributed by atoms with Crippen molar-refractivity contribution in [2.45, 2.75) is 32.3 Å². The fourth-order valence-electron chi connectivity index (χ4n) is 3.56. The molecular weight excluding hydrogens is 310 g/mol. The molecule has 0 spiro atoms. The van der Waals surface area contributed by atoms with E-state index >= 15 is 0 Å². The SMILES string of the molecule is C[C@H](CN1CCCCC1)[C@@H](OC(=O)c1ccccc1)c1ccccc1. The smallest absolute Gasteiger partial charge is 0.338 e. The Kier molecular flexibility index (Phi) is 6.24. The number of esters is 1. The topological polar surface area (TPSA) is 29.5 Å². The van der Waals surface area contributed by atoms with Crippen molar-refractivity contribution in [3.05, 3.63) is 71.8 Å². The highest BCUT2D eigenvalue weighted by Crippen LogP contribution is 2.28. The van der Waals surface area contributed by atoms with Crippen LogP contribution in [0.4, 0.5) is 0 Å². The standard InChI is InChI=1S/C22H27NO2/c1-18(17-23-15-9-4-10-16-23)21(19-11-5-2-6-12-19)25-22(24)20-13-7-3-8-14-20/h2-3,5-8,11-14,18,21H,4,9-10,15-17H2,1H3/t18-,21-/m1/s1. The third kappa shape index (κ3) is 4.93. The van der Waals surface area contributed by atoms with Crippen molar-refractivity contribution < 1.29 is 9.53 Å². The molecule has 1 aliphatic heterocycles. The first-order valence-corrected chi connectivity index (χ1v) is 9.27. The van der Waals surface area contributed by atoms with E-state index in [-0.39, 0.29) is 18.0 Å². The first-order valence-electron chi connectivity index (χ1n) is 9.27. The third-order valence-corrected chi connectivity index (χ3v) is 4.88. The lowest BCUT2D eigenvalue weighted by molar-refractivity contribution is 0.00874. The molecule has 0 amide bonds. The highest BCUT2D eigenvalue weighted by molar-refractivity contribution is 5.89. The van der Waals surface area contributed by atoms with Gasteiger partial charge in [0.2, 0.25) is 0 Å². The molecule has 2 atom stereocenters. The zero-order valence-corrected chi connectivity index (χ0v) is 14.9. The molecule has 1 aliphatic rings. The van der Waals surface area contributed by atoms with Crippen LogP contribution in [0, 0.1) is 5.92 Å². The monoisotopic (exact) mass is 337 g/mol. The Hall–Kier alpha value is -2.13. The van der Waals surface area contributed by atoms with Gasteiger partial charge in [-0.2, -0.15) is 0 Å². The van der Waals surface area contributed by atoms with Crippen LogP contribution < -0.4 is 0 Å². The molecule has 2 aromatic carbocycles. The van der Waals surface area contributed by atoms with E-state index < -0.39 is 0 Å². The molecule has 2 aromatic rings. The maximum Gasteiger partial charge on any atom is 0.338 e. The molecule has 1 fully saturated rings. The van der Waals surface area contributed by atoms with Gasteiger partial charge < -0.3 is 9.64 Å². The fraction of sp³-hybridized carbons (Fsp3) is 0.409. The number of likely N-dealkylation sites (tertiary alicyclic amines) is 1. The van der Waals surface area contributed by atoms with E-state index in [2.05, 4.69) is 24.0 Å². The second-order valence-electron chi connectivity index (χ2n) is 6.94. The Balaban J connectivity index is 1.74. The number of nitrogens with zero attached hydrogens (tertiary/aromatic N) is 1. The molecule has 0 unspecified atom stereocenters. The van der Waals surface area contributed by atoms with Gasteiger partial charge in [-0.05, 0) is 43.6 Å². The van der Waals surface area contributed by atoms with Gasteiger partial charge in [0.05, 0.1) is 5.56 Å². The van der Waals surface area contributed by atoms with Crippen molar-refractivity contribution in [3.63, 3.8) is 0 Å². The van der Waals surface area contributed by atoms with Gasteiger partial charge in [-0.1, -0.05) is 61.9 Å². The number of carbonyl (C=O) groups excluding carboxylic acids is 1. The van der Waals surface area contributed by atoms with Crippen LogP contribution in [0.25, 0.3) is 0 Å². The Morgan fingerprint density at radius 1 is 0.960 bits per heavy atom. The summed E-state index contributed by atoms with van der Waals surface area (Å²) in [4.78, 5) is 15.1. The number of hydrogen-bond acceptors (Lipinski definition) is 3. The molecule has 3 rings (SSSR count). The van der Waals surface area contributed by atoms with Crippen LogP contribution in [0.15, 0.2) is 60.7 Å². The van der Waals surface area contributed by atoms with Crippen LogP contribution in [0.2, 0.25) is 0 Å². The average Bonchev–Trinajstić information content (AvgIpc) is 2.68. The molecule has 1 saturated heterocycles. The maximum atomic E-state index is 12.6. The largest absolute Gasteiger partial charge is 0.454 e. The molecule has 0 aromatic heterocycles. The predicted octanol–water partition coefficient (Wildman–Crippen LogP) is 4.71. The summed E-state index contributed by atoms with van der Waals surface area (Å²) in [6.07, 6.45) is 3.64. The summed E-state index contributed by atoms with van der Waals surface area (Å²) in [5.41, 5.74) is 1.67. The first-order chi connectivity index (χ1) is 12.2. The summed E-state index contributed by atoms with van der Waals surface area (Å²) in [5.74, 6) is -0.00638. The number of rotatable bonds is 6. The Morgan fingerprint density at radius 3 is 2.20 bits per heavy atom. The lowest BCUT2D eigenvalue weighted by Crippen LogP contribution is -2.36. The van der Waals surface area contributed by atoms with Gasteiger partial charge in [0, 0.05) is 12.5 Å². The van der Waals surface area contributed by atoms with Gasteiger partial charge in [0.25, 0.3) is 0 Å². The molecule has 25 heavy (non-hydrogen) atoms. The van der Waals surface area contributed by atoms with Gasteiger partial charge >= 0.3 is 5.97 Å². The molecule has 132 valence electrons. The van der Waals surface area contributed by atoms with Crippen LogP contribution in [-0.4, -0.2) is 30.5 Å². The zero-order valence-electron chi connectivity index (χ0n) is 14.9.